The van der Waals surface area contributed by atoms with Crippen LogP contribution in [0.3, 0.4) is 0 Å². The van der Waals surface area contributed by atoms with Crippen molar-refractivity contribution in [1.29, 1.82) is 5.26 Å². The number of hydrogen-bond donors (Lipinski definition) is 0. The van der Waals surface area contributed by atoms with E-state index in [4.69, 9.17) is 5.26 Å². The van der Waals surface area contributed by atoms with Gasteiger partial charge in [0.05, 0.1) is 17.1 Å². The number of aryl methyl sites for hydroxylation is 1. The van der Waals surface area contributed by atoms with Crippen LogP contribution in [0.5, 0.6) is 0 Å². The van der Waals surface area contributed by atoms with Crippen molar-refractivity contribution in [2.45, 2.75) is 6.92 Å². The molecule has 0 aliphatic carbocycles. The minimum Gasteiger partial charge on any atom is -0.255 e. The summed E-state index contributed by atoms with van der Waals surface area (Å²) in [5.41, 5.74) is 4.05. The van der Waals surface area contributed by atoms with Crippen molar-refractivity contribution < 1.29 is 0 Å². The SMILES string of the molecule is Cc1cccc(-n2nc(C#N)cc2-c2ccccn2)c1. The van der Waals surface area contributed by atoms with Gasteiger partial charge in [-0.05, 0) is 36.8 Å². The fourth-order valence-corrected chi connectivity index (χ4v) is 2.09. The predicted molar refractivity (Wildman–Crippen MR) is 76.2 cm³/mol. The van der Waals surface area contributed by atoms with Gasteiger partial charge in [-0.3, -0.25) is 4.98 Å². The van der Waals surface area contributed by atoms with Crippen LogP contribution in [0, 0.1) is 18.3 Å². The molecule has 0 aliphatic rings. The molecule has 4 nitrogen and oxygen atoms in total. The van der Waals surface area contributed by atoms with Crippen molar-refractivity contribution >= 4 is 0 Å². The van der Waals surface area contributed by atoms with Crippen molar-refractivity contribution in [3.05, 3.63) is 66.0 Å². The zero-order valence-electron chi connectivity index (χ0n) is 11.0. The summed E-state index contributed by atoms with van der Waals surface area (Å²) in [6, 6.07) is 17.5. The fourth-order valence-electron chi connectivity index (χ4n) is 2.09. The third kappa shape index (κ3) is 2.17. The van der Waals surface area contributed by atoms with Crippen LogP contribution in [-0.2, 0) is 0 Å². The molecule has 0 atom stereocenters. The van der Waals surface area contributed by atoms with Gasteiger partial charge in [-0.1, -0.05) is 18.2 Å². The number of hydrogen-bond acceptors (Lipinski definition) is 3. The molecule has 0 saturated carbocycles. The summed E-state index contributed by atoms with van der Waals surface area (Å²) in [7, 11) is 0. The lowest BCUT2D eigenvalue weighted by Gasteiger charge is -2.07. The molecule has 96 valence electrons. The van der Waals surface area contributed by atoms with E-state index >= 15 is 0 Å². The molecule has 4 heteroatoms. The highest BCUT2D eigenvalue weighted by molar-refractivity contribution is 5.59. The molecular weight excluding hydrogens is 248 g/mol. The first-order valence-electron chi connectivity index (χ1n) is 6.26. The Hall–Kier alpha value is -2.93. The van der Waals surface area contributed by atoms with E-state index in [9.17, 15) is 0 Å². The normalized spacial score (nSPS) is 10.2. The number of nitrogens with zero attached hydrogens (tertiary/aromatic N) is 4. The highest BCUT2D eigenvalue weighted by Gasteiger charge is 2.12. The zero-order chi connectivity index (χ0) is 13.9. The second-order valence-corrected chi connectivity index (χ2v) is 4.49. The van der Waals surface area contributed by atoms with E-state index in [1.807, 2.05) is 49.4 Å². The van der Waals surface area contributed by atoms with Crippen molar-refractivity contribution in [1.82, 2.24) is 14.8 Å². The first-order chi connectivity index (χ1) is 9.78. The minimum absolute atomic E-state index is 0.382. The predicted octanol–water partition coefficient (Wildman–Crippen LogP) is 3.11. The molecule has 0 bridgehead atoms. The molecule has 0 aliphatic heterocycles. The Bertz CT molecular complexity index is 782. The summed E-state index contributed by atoms with van der Waals surface area (Å²) in [5, 5.41) is 13.4. The number of benzene rings is 1. The summed E-state index contributed by atoms with van der Waals surface area (Å²) in [6.45, 7) is 2.03. The summed E-state index contributed by atoms with van der Waals surface area (Å²) in [6.07, 6.45) is 1.73. The smallest absolute Gasteiger partial charge is 0.163 e. The number of nitriles is 1. The summed E-state index contributed by atoms with van der Waals surface area (Å²) in [5.74, 6) is 0. The third-order valence-electron chi connectivity index (χ3n) is 3.00. The Morgan fingerprint density at radius 1 is 1.10 bits per heavy atom. The molecule has 20 heavy (non-hydrogen) atoms. The molecule has 0 unspecified atom stereocenters. The van der Waals surface area contributed by atoms with Gasteiger partial charge in [0.2, 0.25) is 0 Å². The lowest BCUT2D eigenvalue weighted by Crippen LogP contribution is -2.00. The van der Waals surface area contributed by atoms with Crippen molar-refractivity contribution in [2.24, 2.45) is 0 Å². The molecule has 3 rings (SSSR count). The van der Waals surface area contributed by atoms with Crippen LogP contribution in [0.25, 0.3) is 17.1 Å². The Morgan fingerprint density at radius 3 is 2.70 bits per heavy atom. The standard InChI is InChI=1S/C16H12N4/c1-12-5-4-6-14(9-12)20-16(10-13(11-17)19-20)15-7-2-3-8-18-15/h2-10H,1H3. The molecule has 0 radical (unpaired) electrons. The highest BCUT2D eigenvalue weighted by atomic mass is 15.3. The fraction of sp³-hybridized carbons (Fsp3) is 0.0625. The lowest BCUT2D eigenvalue weighted by molar-refractivity contribution is 0.875. The molecule has 0 saturated heterocycles. The summed E-state index contributed by atoms with van der Waals surface area (Å²) < 4.78 is 1.76. The van der Waals surface area contributed by atoms with Crippen LogP contribution in [0.4, 0.5) is 0 Å². The van der Waals surface area contributed by atoms with Gasteiger partial charge in [-0.15, -0.1) is 0 Å². The Balaban J connectivity index is 2.21. The maximum Gasteiger partial charge on any atom is 0.163 e. The van der Waals surface area contributed by atoms with Crippen LogP contribution in [0.1, 0.15) is 11.3 Å². The van der Waals surface area contributed by atoms with Crippen LogP contribution in [0.2, 0.25) is 0 Å². The van der Waals surface area contributed by atoms with Crippen LogP contribution in [-0.4, -0.2) is 14.8 Å². The molecule has 2 aromatic heterocycles. The van der Waals surface area contributed by atoms with E-state index < -0.39 is 0 Å². The average molecular weight is 260 g/mol. The van der Waals surface area contributed by atoms with Crippen LogP contribution in [0.15, 0.2) is 54.7 Å². The van der Waals surface area contributed by atoms with Gasteiger partial charge in [0, 0.05) is 12.3 Å². The second kappa shape index (κ2) is 4.98. The molecule has 0 fully saturated rings. The molecular formula is C16H12N4. The third-order valence-corrected chi connectivity index (χ3v) is 3.00. The summed E-state index contributed by atoms with van der Waals surface area (Å²) in [4.78, 5) is 4.33. The highest BCUT2D eigenvalue weighted by Crippen LogP contribution is 2.22. The lowest BCUT2D eigenvalue weighted by atomic mass is 10.2. The number of pyridine rings is 1. The Kier molecular flexibility index (Phi) is 3.02. The van der Waals surface area contributed by atoms with Gasteiger partial charge in [-0.25, -0.2) is 4.68 Å². The van der Waals surface area contributed by atoms with Gasteiger partial charge in [-0.2, -0.15) is 10.4 Å². The molecule has 2 heterocycles. The minimum atomic E-state index is 0.382. The van der Waals surface area contributed by atoms with Crippen molar-refractivity contribution in [3.63, 3.8) is 0 Å². The second-order valence-electron chi connectivity index (χ2n) is 4.49. The molecule has 0 amide bonds. The monoisotopic (exact) mass is 260 g/mol. The van der Waals surface area contributed by atoms with Crippen molar-refractivity contribution in [3.8, 4) is 23.1 Å². The van der Waals surface area contributed by atoms with E-state index in [0.717, 1.165) is 22.6 Å². The average Bonchev–Trinajstić information content (AvgIpc) is 2.92. The first-order valence-corrected chi connectivity index (χ1v) is 6.26. The van der Waals surface area contributed by atoms with E-state index in [1.54, 1.807) is 16.9 Å². The van der Waals surface area contributed by atoms with E-state index in [-0.39, 0.29) is 0 Å². The van der Waals surface area contributed by atoms with E-state index in [1.165, 1.54) is 0 Å². The zero-order valence-corrected chi connectivity index (χ0v) is 11.0. The van der Waals surface area contributed by atoms with Crippen LogP contribution < -0.4 is 0 Å². The number of rotatable bonds is 2. The van der Waals surface area contributed by atoms with E-state index in [0.29, 0.717) is 5.69 Å². The number of aromatic nitrogens is 3. The molecule has 0 N–H and O–H groups in total. The maximum atomic E-state index is 9.08. The molecule has 1 aromatic carbocycles. The van der Waals surface area contributed by atoms with Crippen LogP contribution >= 0.6 is 0 Å². The molecule has 0 spiro atoms. The quantitative estimate of drug-likeness (QED) is 0.711. The Labute approximate surface area is 116 Å². The van der Waals surface area contributed by atoms with Gasteiger partial charge in [0.15, 0.2) is 5.69 Å². The summed E-state index contributed by atoms with van der Waals surface area (Å²) >= 11 is 0. The largest absolute Gasteiger partial charge is 0.255 e. The molecule has 3 aromatic rings. The van der Waals surface area contributed by atoms with Gasteiger partial charge in [0.1, 0.15) is 6.07 Å². The Morgan fingerprint density at radius 2 is 2.00 bits per heavy atom. The van der Waals surface area contributed by atoms with Gasteiger partial charge in [0.25, 0.3) is 0 Å². The first kappa shape index (κ1) is 12.1. The topological polar surface area (TPSA) is 54.5 Å². The van der Waals surface area contributed by atoms with Gasteiger partial charge < -0.3 is 0 Å². The van der Waals surface area contributed by atoms with Crippen molar-refractivity contribution in [2.75, 3.05) is 0 Å². The van der Waals surface area contributed by atoms with E-state index in [2.05, 4.69) is 16.2 Å². The van der Waals surface area contributed by atoms with Gasteiger partial charge >= 0.3 is 0 Å². The maximum absolute atomic E-state index is 9.08.